The van der Waals surface area contributed by atoms with Gasteiger partial charge in [0.1, 0.15) is 11.9 Å². The zero-order valence-corrected chi connectivity index (χ0v) is 22.0. The molecule has 1 N–H and O–H groups in total. The molecule has 3 aliphatic heterocycles. The molecule has 3 aliphatic rings. The average Bonchev–Trinajstić information content (AvgIpc) is 3.58. The molecule has 38 heavy (non-hydrogen) atoms. The number of carbonyl (C=O) groups excluding carboxylic acids is 3. The summed E-state index contributed by atoms with van der Waals surface area (Å²) in [5.74, 6) is -2.40. The number of nitrogens with one attached hydrogen (secondary N) is 1. The number of hydrogen-bond donors (Lipinski definition) is 1. The molecule has 1 aromatic carbocycles. The number of halogens is 6. The Balaban J connectivity index is 1.33. The third-order valence-electron chi connectivity index (χ3n) is 6.92. The normalized spacial score (nSPS) is 23.2. The molecular weight excluding hydrogens is 575 g/mol. The van der Waals surface area contributed by atoms with E-state index in [4.69, 9.17) is 28.0 Å². The van der Waals surface area contributed by atoms with E-state index in [0.29, 0.717) is 10.4 Å². The van der Waals surface area contributed by atoms with Gasteiger partial charge in [0.15, 0.2) is 5.82 Å². The number of nitrogens with zero attached hydrogens (tertiary/aromatic N) is 3. The van der Waals surface area contributed by atoms with Crippen molar-refractivity contribution < 1.29 is 36.8 Å². The van der Waals surface area contributed by atoms with Crippen LogP contribution in [0.2, 0.25) is 10.0 Å². The second-order valence-electron chi connectivity index (χ2n) is 9.19. The number of amidine groups is 1. The third-order valence-corrected chi connectivity index (χ3v) is 8.79. The molecule has 1 fully saturated rings. The predicted octanol–water partition coefficient (Wildman–Crippen LogP) is 4.50. The van der Waals surface area contributed by atoms with E-state index in [1.165, 1.54) is 7.05 Å². The zero-order chi connectivity index (χ0) is 27.7. The van der Waals surface area contributed by atoms with Gasteiger partial charge in [-0.05, 0) is 30.2 Å². The van der Waals surface area contributed by atoms with Gasteiger partial charge < -0.3 is 15.1 Å². The minimum atomic E-state index is -4.93. The standard InChI is InChI=1S/C23H18Cl2F4N4O4S/c1-9-11-7-33(8-15(11)38-19(9)20(35)30-14-5-17(34)32(2)21(14)36)16-6-22(37-31-16,23(27,28)29)10-3-12(24)18(26)13(25)4-10/h3-4,14H,5-8H2,1-2H3,(H,30,35). The Morgan fingerprint density at radius 1 is 1.24 bits per heavy atom. The lowest BCUT2D eigenvalue weighted by Crippen LogP contribution is -2.44. The van der Waals surface area contributed by atoms with Crippen LogP contribution < -0.4 is 5.32 Å². The first-order chi connectivity index (χ1) is 17.7. The van der Waals surface area contributed by atoms with Crippen LogP contribution in [0.15, 0.2) is 17.3 Å². The number of imide groups is 1. The molecular formula is C23H18Cl2F4N4O4S. The molecule has 0 bridgehead atoms. The molecule has 2 atom stereocenters. The van der Waals surface area contributed by atoms with Crippen molar-refractivity contribution in [3.8, 4) is 0 Å². The summed E-state index contributed by atoms with van der Waals surface area (Å²) in [7, 11) is 1.35. The van der Waals surface area contributed by atoms with Gasteiger partial charge in [-0.2, -0.15) is 13.2 Å². The van der Waals surface area contributed by atoms with E-state index in [1.54, 1.807) is 11.8 Å². The lowest BCUT2D eigenvalue weighted by atomic mass is 9.89. The number of benzene rings is 1. The fourth-order valence-electron chi connectivity index (χ4n) is 4.70. The van der Waals surface area contributed by atoms with Crippen LogP contribution in [0.5, 0.6) is 0 Å². The number of hydrogen-bond acceptors (Lipinski definition) is 7. The summed E-state index contributed by atoms with van der Waals surface area (Å²) in [6, 6.07) is 0.706. The maximum atomic E-state index is 14.3. The third kappa shape index (κ3) is 4.11. The SMILES string of the molecule is Cc1c(C(=O)NC2CC(=O)N(C)C2=O)sc2c1CN(C1=NOC(c3cc(Cl)c(F)c(Cl)c3)(C(F)(F)F)C1)C2. The second-order valence-corrected chi connectivity index (χ2v) is 11.1. The summed E-state index contributed by atoms with van der Waals surface area (Å²) >= 11 is 12.7. The van der Waals surface area contributed by atoms with Crippen LogP contribution in [0.1, 0.15) is 44.1 Å². The molecule has 15 heteroatoms. The molecule has 0 aliphatic carbocycles. The molecule has 0 spiro atoms. The number of likely N-dealkylation sites (tertiary alicyclic amines) is 1. The van der Waals surface area contributed by atoms with Gasteiger partial charge in [-0.1, -0.05) is 28.4 Å². The van der Waals surface area contributed by atoms with E-state index in [2.05, 4.69) is 10.5 Å². The van der Waals surface area contributed by atoms with Gasteiger partial charge in [0.05, 0.1) is 34.3 Å². The summed E-state index contributed by atoms with van der Waals surface area (Å²) in [5, 5.41) is 5.17. The van der Waals surface area contributed by atoms with Crippen LogP contribution in [-0.4, -0.2) is 52.6 Å². The van der Waals surface area contributed by atoms with E-state index in [1.807, 2.05) is 0 Å². The van der Waals surface area contributed by atoms with Crippen LogP contribution >= 0.6 is 34.5 Å². The van der Waals surface area contributed by atoms with Crippen LogP contribution in [0, 0.1) is 12.7 Å². The first kappa shape index (κ1) is 26.7. The van der Waals surface area contributed by atoms with E-state index >= 15 is 0 Å². The van der Waals surface area contributed by atoms with Crippen molar-refractivity contribution in [3.63, 3.8) is 0 Å². The second kappa shape index (κ2) is 9.09. The number of carbonyl (C=O) groups is 3. The first-order valence-electron chi connectivity index (χ1n) is 11.2. The number of alkyl halides is 3. The van der Waals surface area contributed by atoms with Gasteiger partial charge in [-0.25, -0.2) is 4.39 Å². The summed E-state index contributed by atoms with van der Waals surface area (Å²) in [5.41, 5.74) is -2.01. The van der Waals surface area contributed by atoms with Crippen LogP contribution in [0.25, 0.3) is 0 Å². The molecule has 2 aromatic rings. The van der Waals surface area contributed by atoms with E-state index in [0.717, 1.165) is 38.8 Å². The highest BCUT2D eigenvalue weighted by atomic mass is 35.5. The highest BCUT2D eigenvalue weighted by Crippen LogP contribution is 2.50. The van der Waals surface area contributed by atoms with Gasteiger partial charge in [0, 0.05) is 24.0 Å². The lowest BCUT2D eigenvalue weighted by molar-refractivity contribution is -0.275. The predicted molar refractivity (Wildman–Crippen MR) is 129 cm³/mol. The van der Waals surface area contributed by atoms with Crippen molar-refractivity contribution in [1.29, 1.82) is 0 Å². The molecule has 202 valence electrons. The Kier molecular flexibility index (Phi) is 6.39. The van der Waals surface area contributed by atoms with Crippen LogP contribution in [0.3, 0.4) is 0 Å². The number of amides is 3. The number of likely N-dealkylation sites (N-methyl/N-ethyl adjacent to an activating group) is 1. The molecule has 8 nitrogen and oxygen atoms in total. The Hall–Kier alpha value is -2.90. The monoisotopic (exact) mass is 592 g/mol. The number of oxime groups is 1. The lowest BCUT2D eigenvalue weighted by Gasteiger charge is -2.30. The molecule has 0 saturated carbocycles. The molecule has 5 rings (SSSR count). The minimum absolute atomic E-state index is 0.0193. The van der Waals surface area contributed by atoms with Crippen molar-refractivity contribution in [2.75, 3.05) is 7.05 Å². The van der Waals surface area contributed by atoms with E-state index < -0.39 is 57.5 Å². The number of rotatable bonds is 3. The fraction of sp³-hybridized carbons (Fsp3) is 0.391. The number of fused-ring (bicyclic) bond motifs is 1. The van der Waals surface area contributed by atoms with Crippen molar-refractivity contribution in [2.24, 2.45) is 5.16 Å². The van der Waals surface area contributed by atoms with Crippen molar-refractivity contribution in [1.82, 2.24) is 15.1 Å². The largest absolute Gasteiger partial charge is 0.435 e. The molecule has 2 unspecified atom stereocenters. The highest BCUT2D eigenvalue weighted by molar-refractivity contribution is 7.14. The van der Waals surface area contributed by atoms with E-state index in [9.17, 15) is 31.9 Å². The Bertz CT molecular complexity index is 1410. The van der Waals surface area contributed by atoms with Crippen LogP contribution in [-0.2, 0) is 33.1 Å². The highest BCUT2D eigenvalue weighted by Gasteiger charge is 2.63. The smallest absolute Gasteiger partial charge is 0.372 e. The maximum absolute atomic E-state index is 14.3. The van der Waals surface area contributed by atoms with Gasteiger partial charge in [0.2, 0.25) is 5.91 Å². The zero-order valence-electron chi connectivity index (χ0n) is 19.7. The molecule has 4 heterocycles. The summed E-state index contributed by atoms with van der Waals surface area (Å²) in [6.45, 7) is 2.06. The van der Waals surface area contributed by atoms with Gasteiger partial charge in [-0.3, -0.25) is 19.3 Å². The maximum Gasteiger partial charge on any atom is 0.435 e. The van der Waals surface area contributed by atoms with Crippen molar-refractivity contribution in [3.05, 3.63) is 54.4 Å². The fourth-order valence-corrected chi connectivity index (χ4v) is 6.42. The van der Waals surface area contributed by atoms with Gasteiger partial charge >= 0.3 is 6.18 Å². The first-order valence-corrected chi connectivity index (χ1v) is 12.7. The summed E-state index contributed by atoms with van der Waals surface area (Å²) < 4.78 is 56.7. The Morgan fingerprint density at radius 3 is 2.45 bits per heavy atom. The minimum Gasteiger partial charge on any atom is -0.372 e. The quantitative estimate of drug-likeness (QED) is 0.322. The van der Waals surface area contributed by atoms with E-state index in [-0.39, 0.29) is 31.3 Å². The number of thiophene rings is 1. The molecule has 3 amide bonds. The Labute approximate surface area is 227 Å². The topological polar surface area (TPSA) is 91.3 Å². The Morgan fingerprint density at radius 2 is 1.89 bits per heavy atom. The van der Waals surface area contributed by atoms with Gasteiger partial charge in [-0.15, -0.1) is 11.3 Å². The molecule has 0 radical (unpaired) electrons. The average molecular weight is 593 g/mol. The van der Waals surface area contributed by atoms with Gasteiger partial charge in [0.25, 0.3) is 17.4 Å². The molecule has 1 aromatic heterocycles. The molecule has 1 saturated heterocycles. The summed E-state index contributed by atoms with van der Waals surface area (Å²) in [6.07, 6.45) is -5.74. The summed E-state index contributed by atoms with van der Waals surface area (Å²) in [4.78, 5) is 45.4. The van der Waals surface area contributed by atoms with Crippen molar-refractivity contribution in [2.45, 2.75) is 50.7 Å². The van der Waals surface area contributed by atoms with Crippen molar-refractivity contribution >= 4 is 58.1 Å². The van der Waals surface area contributed by atoms with Crippen LogP contribution in [0.4, 0.5) is 17.6 Å².